The summed E-state index contributed by atoms with van der Waals surface area (Å²) in [5.74, 6) is -0.519. The highest BCUT2D eigenvalue weighted by atomic mass is 16.2. The van der Waals surface area contributed by atoms with Gasteiger partial charge in [0.1, 0.15) is 0 Å². The lowest BCUT2D eigenvalue weighted by Gasteiger charge is -2.15. The first-order valence-corrected chi connectivity index (χ1v) is 8.56. The average molecular weight is 362 g/mol. The fraction of sp³-hybridized carbons (Fsp3) is 0.150. The van der Waals surface area contributed by atoms with E-state index in [1.165, 1.54) is 9.80 Å². The predicted molar refractivity (Wildman–Crippen MR) is 102 cm³/mol. The number of carbonyl (C=O) groups is 3. The molecule has 0 saturated heterocycles. The molecular formula is C20H18N4O3. The molecule has 3 N–H and O–H groups in total. The topological polar surface area (TPSA) is 99.5 Å². The molecule has 0 fully saturated rings. The number of amides is 4. The second kappa shape index (κ2) is 6.28. The van der Waals surface area contributed by atoms with Crippen LogP contribution in [0, 0.1) is 0 Å². The van der Waals surface area contributed by atoms with Crippen molar-refractivity contribution in [1.29, 1.82) is 0 Å². The summed E-state index contributed by atoms with van der Waals surface area (Å²) in [4.78, 5) is 42.2. The van der Waals surface area contributed by atoms with Gasteiger partial charge in [-0.1, -0.05) is 12.1 Å². The number of nitrogens with two attached hydrogens (primary N) is 1. The standard InChI is InChI=1S/C20H18N4O3/c1-23(20(21)27)13-6-7-17-16(10-13)12(11-22-17)8-9-24-18(25)14-4-2-3-5-15(14)19(24)26/h2-7,10-11,22H,8-9H2,1H3,(H2,21,27). The van der Waals surface area contributed by atoms with Gasteiger partial charge in [0, 0.05) is 36.4 Å². The Balaban J connectivity index is 1.58. The third kappa shape index (κ3) is 2.73. The van der Waals surface area contributed by atoms with Crippen LogP contribution in [0.4, 0.5) is 10.5 Å². The van der Waals surface area contributed by atoms with Gasteiger partial charge in [0.2, 0.25) is 0 Å². The van der Waals surface area contributed by atoms with Gasteiger partial charge in [0.25, 0.3) is 11.8 Å². The largest absolute Gasteiger partial charge is 0.361 e. The Kier molecular flexibility index (Phi) is 3.92. The minimum atomic E-state index is -0.544. The Bertz CT molecular complexity index is 1050. The Hall–Kier alpha value is -3.61. The molecule has 1 aliphatic rings. The van der Waals surface area contributed by atoms with Crippen LogP contribution < -0.4 is 10.6 Å². The summed E-state index contributed by atoms with van der Waals surface area (Å²) in [7, 11) is 1.61. The molecule has 1 aliphatic heterocycles. The van der Waals surface area contributed by atoms with Gasteiger partial charge < -0.3 is 10.7 Å². The van der Waals surface area contributed by atoms with Gasteiger partial charge in [-0.15, -0.1) is 0 Å². The van der Waals surface area contributed by atoms with Gasteiger partial charge in [-0.2, -0.15) is 0 Å². The number of fused-ring (bicyclic) bond motifs is 2. The lowest BCUT2D eigenvalue weighted by atomic mass is 10.1. The first kappa shape index (κ1) is 16.8. The van der Waals surface area contributed by atoms with Gasteiger partial charge >= 0.3 is 6.03 Å². The number of aromatic nitrogens is 1. The molecule has 2 heterocycles. The summed E-state index contributed by atoms with van der Waals surface area (Å²) < 4.78 is 0. The molecule has 0 unspecified atom stereocenters. The van der Waals surface area contributed by atoms with Crippen LogP contribution in [0.2, 0.25) is 0 Å². The molecule has 0 radical (unpaired) electrons. The maximum absolute atomic E-state index is 12.5. The van der Waals surface area contributed by atoms with Gasteiger partial charge in [-0.05, 0) is 42.3 Å². The molecule has 27 heavy (non-hydrogen) atoms. The zero-order valence-corrected chi connectivity index (χ0v) is 14.7. The number of carbonyl (C=O) groups excluding carboxylic acids is 3. The molecule has 0 bridgehead atoms. The number of nitrogens with one attached hydrogen (secondary N) is 1. The normalized spacial score (nSPS) is 13.3. The smallest absolute Gasteiger partial charge is 0.318 e. The molecule has 2 aromatic carbocycles. The molecule has 4 amide bonds. The quantitative estimate of drug-likeness (QED) is 0.698. The maximum Gasteiger partial charge on any atom is 0.318 e. The molecule has 1 aromatic heterocycles. The first-order chi connectivity index (χ1) is 13.0. The van der Waals surface area contributed by atoms with Crippen molar-refractivity contribution in [3.05, 3.63) is 65.4 Å². The molecule has 7 heteroatoms. The zero-order chi connectivity index (χ0) is 19.1. The first-order valence-electron chi connectivity index (χ1n) is 8.56. The van der Waals surface area contributed by atoms with Gasteiger partial charge in [-0.3, -0.25) is 19.4 Å². The Morgan fingerprint density at radius 1 is 1.11 bits per heavy atom. The molecule has 4 rings (SSSR count). The molecular weight excluding hydrogens is 344 g/mol. The van der Waals surface area contributed by atoms with E-state index in [1.807, 2.05) is 18.3 Å². The third-order valence-corrected chi connectivity index (χ3v) is 4.95. The molecule has 7 nitrogen and oxygen atoms in total. The van der Waals surface area contributed by atoms with Crippen molar-refractivity contribution in [2.45, 2.75) is 6.42 Å². The summed E-state index contributed by atoms with van der Waals surface area (Å²) >= 11 is 0. The highest BCUT2D eigenvalue weighted by Gasteiger charge is 2.34. The fourth-order valence-electron chi connectivity index (χ4n) is 3.38. The Morgan fingerprint density at radius 3 is 2.41 bits per heavy atom. The van der Waals surface area contributed by atoms with Crippen LogP contribution in [0.3, 0.4) is 0 Å². The van der Waals surface area contributed by atoms with Crippen LogP contribution in [0.1, 0.15) is 26.3 Å². The number of imide groups is 1. The summed E-state index contributed by atoms with van der Waals surface area (Å²) in [6.45, 7) is 0.287. The van der Waals surface area contributed by atoms with Crippen LogP contribution in [0.15, 0.2) is 48.7 Å². The number of benzene rings is 2. The summed E-state index contributed by atoms with van der Waals surface area (Å²) in [5.41, 5.74) is 8.79. The number of aromatic amines is 1. The lowest BCUT2D eigenvalue weighted by molar-refractivity contribution is 0.0656. The van der Waals surface area contributed by atoms with Gasteiger partial charge in [0.15, 0.2) is 0 Å². The lowest BCUT2D eigenvalue weighted by Crippen LogP contribution is -2.32. The SMILES string of the molecule is CN(C(N)=O)c1ccc2[nH]cc(CCN3C(=O)c4ccccc4C3=O)c2c1. The number of rotatable bonds is 4. The van der Waals surface area contributed by atoms with Gasteiger partial charge in [0.05, 0.1) is 11.1 Å². The van der Waals surface area contributed by atoms with E-state index in [0.29, 0.717) is 23.2 Å². The number of anilines is 1. The zero-order valence-electron chi connectivity index (χ0n) is 14.7. The van der Waals surface area contributed by atoms with Crippen LogP contribution >= 0.6 is 0 Å². The fourth-order valence-corrected chi connectivity index (χ4v) is 3.38. The Morgan fingerprint density at radius 2 is 1.78 bits per heavy atom. The van der Waals surface area contributed by atoms with Crippen molar-refractivity contribution in [3.63, 3.8) is 0 Å². The second-order valence-electron chi connectivity index (χ2n) is 6.50. The highest BCUT2D eigenvalue weighted by Crippen LogP contribution is 2.26. The van der Waals surface area contributed by atoms with E-state index in [-0.39, 0.29) is 18.4 Å². The van der Waals surface area contributed by atoms with E-state index >= 15 is 0 Å². The molecule has 0 spiro atoms. The van der Waals surface area contributed by atoms with Crippen molar-refractivity contribution in [3.8, 4) is 0 Å². The number of urea groups is 1. The van der Waals surface area contributed by atoms with Crippen LogP contribution in [-0.2, 0) is 6.42 Å². The molecule has 136 valence electrons. The van der Waals surface area contributed by atoms with Crippen molar-refractivity contribution in [1.82, 2.24) is 9.88 Å². The average Bonchev–Trinajstić information content (AvgIpc) is 3.19. The monoisotopic (exact) mass is 362 g/mol. The number of hydrogen-bond acceptors (Lipinski definition) is 3. The van der Waals surface area contributed by atoms with Crippen molar-refractivity contribution < 1.29 is 14.4 Å². The van der Waals surface area contributed by atoms with Crippen LogP contribution in [-0.4, -0.2) is 41.3 Å². The number of hydrogen-bond donors (Lipinski definition) is 2. The van der Waals surface area contributed by atoms with E-state index in [1.54, 1.807) is 37.4 Å². The van der Waals surface area contributed by atoms with E-state index in [9.17, 15) is 14.4 Å². The second-order valence-corrected chi connectivity index (χ2v) is 6.50. The molecule has 0 aliphatic carbocycles. The minimum Gasteiger partial charge on any atom is -0.361 e. The van der Waals surface area contributed by atoms with Crippen molar-refractivity contribution in [2.24, 2.45) is 5.73 Å². The number of nitrogens with zero attached hydrogens (tertiary/aromatic N) is 2. The minimum absolute atomic E-state index is 0.260. The Labute approximate surface area is 155 Å². The molecule has 3 aromatic rings. The highest BCUT2D eigenvalue weighted by molar-refractivity contribution is 6.21. The van der Waals surface area contributed by atoms with Crippen molar-refractivity contribution in [2.75, 3.05) is 18.5 Å². The van der Waals surface area contributed by atoms with Crippen LogP contribution in [0.5, 0.6) is 0 Å². The van der Waals surface area contributed by atoms with E-state index < -0.39 is 6.03 Å². The summed E-state index contributed by atoms with van der Waals surface area (Å²) in [6.07, 6.45) is 2.37. The maximum atomic E-state index is 12.5. The van der Waals surface area contributed by atoms with E-state index in [2.05, 4.69) is 4.98 Å². The summed E-state index contributed by atoms with van der Waals surface area (Å²) in [6, 6.07) is 11.9. The number of H-pyrrole nitrogens is 1. The molecule has 0 atom stereocenters. The number of primary amides is 1. The third-order valence-electron chi connectivity index (χ3n) is 4.95. The van der Waals surface area contributed by atoms with Gasteiger partial charge in [-0.25, -0.2) is 4.79 Å². The van der Waals surface area contributed by atoms with Crippen LogP contribution in [0.25, 0.3) is 10.9 Å². The van der Waals surface area contributed by atoms with Crippen molar-refractivity contribution >= 4 is 34.4 Å². The van der Waals surface area contributed by atoms with E-state index in [4.69, 9.17) is 5.73 Å². The molecule has 0 saturated carbocycles. The predicted octanol–water partition coefficient (Wildman–Crippen LogP) is 2.52. The van der Waals surface area contributed by atoms with E-state index in [0.717, 1.165) is 16.5 Å². The summed E-state index contributed by atoms with van der Waals surface area (Å²) in [5, 5.41) is 0.928.